The van der Waals surface area contributed by atoms with Crippen LogP contribution in [0.1, 0.15) is 35.6 Å². The Morgan fingerprint density at radius 2 is 1.68 bits per heavy atom. The largest absolute Gasteiger partial charge is 0.324 e. The number of halogens is 1. The summed E-state index contributed by atoms with van der Waals surface area (Å²) in [5.74, 6) is 0.729. The van der Waals surface area contributed by atoms with Gasteiger partial charge in [-0.1, -0.05) is 42.5 Å². The van der Waals surface area contributed by atoms with Gasteiger partial charge < -0.3 is 5.73 Å². The van der Waals surface area contributed by atoms with E-state index in [4.69, 9.17) is 5.73 Å². The van der Waals surface area contributed by atoms with E-state index in [1.54, 1.807) is 0 Å². The van der Waals surface area contributed by atoms with Crippen LogP contribution in [0.25, 0.3) is 11.1 Å². The van der Waals surface area contributed by atoms with Gasteiger partial charge in [-0.15, -0.1) is 12.4 Å². The van der Waals surface area contributed by atoms with E-state index >= 15 is 0 Å². The van der Waals surface area contributed by atoms with Crippen molar-refractivity contribution in [3.8, 4) is 11.1 Å². The minimum absolute atomic E-state index is 0. The second kappa shape index (κ2) is 4.66. The first-order valence-electron chi connectivity index (χ1n) is 6.79. The second-order valence-corrected chi connectivity index (χ2v) is 5.61. The minimum Gasteiger partial charge on any atom is -0.324 e. The van der Waals surface area contributed by atoms with Gasteiger partial charge in [-0.3, -0.25) is 0 Å². The Morgan fingerprint density at radius 1 is 0.947 bits per heavy atom. The molecule has 1 atom stereocenters. The third kappa shape index (κ3) is 2.07. The minimum atomic E-state index is 0. The summed E-state index contributed by atoms with van der Waals surface area (Å²) in [7, 11) is 0. The van der Waals surface area contributed by atoms with E-state index in [1.165, 1.54) is 40.7 Å². The number of rotatable bonds is 2. The molecule has 0 aromatic heterocycles. The highest BCUT2D eigenvalue weighted by Gasteiger charge is 2.30. The molecule has 2 aromatic carbocycles. The first-order chi connectivity index (χ1) is 8.83. The molecule has 1 saturated carbocycles. The zero-order valence-corrected chi connectivity index (χ0v) is 11.6. The molecule has 19 heavy (non-hydrogen) atoms. The SMILES string of the molecule is Cl.N[C@@H](c1ccc2c(c1)Cc1ccccc1-2)C1CC1. The third-order valence-electron chi connectivity index (χ3n) is 4.33. The van der Waals surface area contributed by atoms with Crippen LogP contribution in [0.5, 0.6) is 0 Å². The number of hydrogen-bond donors (Lipinski definition) is 1. The fraction of sp³-hybridized carbons (Fsp3) is 0.294. The molecule has 1 nitrogen and oxygen atoms in total. The van der Waals surface area contributed by atoms with Crippen molar-refractivity contribution in [1.82, 2.24) is 0 Å². The number of benzene rings is 2. The lowest BCUT2D eigenvalue weighted by molar-refractivity contribution is 0.633. The molecule has 0 saturated heterocycles. The van der Waals surface area contributed by atoms with Crippen LogP contribution in [0.15, 0.2) is 42.5 Å². The van der Waals surface area contributed by atoms with Crippen LogP contribution in [0, 0.1) is 5.92 Å². The van der Waals surface area contributed by atoms with Gasteiger partial charge in [0.2, 0.25) is 0 Å². The molecule has 2 aliphatic carbocycles. The van der Waals surface area contributed by atoms with E-state index in [1.807, 2.05) is 0 Å². The van der Waals surface area contributed by atoms with Crippen molar-refractivity contribution < 1.29 is 0 Å². The zero-order chi connectivity index (χ0) is 12.1. The van der Waals surface area contributed by atoms with Crippen molar-refractivity contribution in [1.29, 1.82) is 0 Å². The summed E-state index contributed by atoms with van der Waals surface area (Å²) in [5.41, 5.74) is 13.3. The van der Waals surface area contributed by atoms with E-state index in [0.717, 1.165) is 12.3 Å². The topological polar surface area (TPSA) is 26.0 Å². The average molecular weight is 272 g/mol. The molecule has 0 amide bonds. The van der Waals surface area contributed by atoms with Gasteiger partial charge in [0.1, 0.15) is 0 Å². The second-order valence-electron chi connectivity index (χ2n) is 5.61. The first kappa shape index (κ1) is 12.7. The number of fused-ring (bicyclic) bond motifs is 3. The Kier molecular flexibility index (Phi) is 3.12. The highest BCUT2D eigenvalue weighted by molar-refractivity contribution is 5.85. The predicted octanol–water partition coefficient (Wildman–Crippen LogP) is 4.09. The van der Waals surface area contributed by atoms with Gasteiger partial charge >= 0.3 is 0 Å². The Morgan fingerprint density at radius 3 is 2.47 bits per heavy atom. The van der Waals surface area contributed by atoms with E-state index in [-0.39, 0.29) is 18.4 Å². The molecule has 0 bridgehead atoms. The quantitative estimate of drug-likeness (QED) is 0.746. The standard InChI is InChI=1S/C17H17N.ClH/c18-17(11-5-6-11)13-7-8-16-14(10-13)9-12-3-1-2-4-15(12)16;/h1-4,7-8,10-11,17H,5-6,9,18H2;1H/t17-;/m1./s1. The van der Waals surface area contributed by atoms with Crippen LogP contribution in [-0.2, 0) is 6.42 Å². The van der Waals surface area contributed by atoms with Gasteiger partial charge in [-0.05, 0) is 53.0 Å². The summed E-state index contributed by atoms with van der Waals surface area (Å²) < 4.78 is 0. The highest BCUT2D eigenvalue weighted by Crippen LogP contribution is 2.42. The molecular weight excluding hydrogens is 254 g/mol. The lowest BCUT2D eigenvalue weighted by atomic mass is 9.98. The van der Waals surface area contributed by atoms with Crippen LogP contribution in [-0.4, -0.2) is 0 Å². The predicted molar refractivity (Wildman–Crippen MR) is 81.6 cm³/mol. The Labute approximate surface area is 120 Å². The molecule has 2 heteroatoms. The van der Waals surface area contributed by atoms with E-state index < -0.39 is 0 Å². The molecule has 1 fully saturated rings. The van der Waals surface area contributed by atoms with Crippen molar-refractivity contribution in [3.05, 3.63) is 59.2 Å². The maximum absolute atomic E-state index is 6.30. The molecule has 0 aliphatic heterocycles. The smallest absolute Gasteiger partial charge is 0.0323 e. The highest BCUT2D eigenvalue weighted by atomic mass is 35.5. The van der Waals surface area contributed by atoms with Crippen LogP contribution < -0.4 is 5.73 Å². The molecule has 0 heterocycles. The van der Waals surface area contributed by atoms with Crippen molar-refractivity contribution in [2.45, 2.75) is 25.3 Å². The van der Waals surface area contributed by atoms with Crippen LogP contribution in [0.3, 0.4) is 0 Å². The van der Waals surface area contributed by atoms with E-state index in [0.29, 0.717) is 0 Å². The fourth-order valence-corrected chi connectivity index (χ4v) is 3.10. The lowest BCUT2D eigenvalue weighted by Crippen LogP contribution is -2.12. The summed E-state index contributed by atoms with van der Waals surface area (Å²) in [4.78, 5) is 0. The average Bonchev–Trinajstić information content (AvgIpc) is 3.18. The molecular formula is C17H18ClN. The van der Waals surface area contributed by atoms with Gasteiger partial charge in [0, 0.05) is 6.04 Å². The van der Waals surface area contributed by atoms with Gasteiger partial charge in [0.05, 0.1) is 0 Å². The molecule has 2 aliphatic rings. The van der Waals surface area contributed by atoms with Crippen LogP contribution >= 0.6 is 12.4 Å². The van der Waals surface area contributed by atoms with Gasteiger partial charge in [-0.25, -0.2) is 0 Å². The summed E-state index contributed by atoms with van der Waals surface area (Å²) in [6.45, 7) is 0. The van der Waals surface area contributed by atoms with Crippen molar-refractivity contribution in [3.63, 3.8) is 0 Å². The van der Waals surface area contributed by atoms with Crippen molar-refractivity contribution >= 4 is 12.4 Å². The molecule has 2 aromatic rings. The Bertz CT molecular complexity index is 616. The first-order valence-corrected chi connectivity index (χ1v) is 6.79. The molecule has 4 rings (SSSR count). The normalized spacial score (nSPS) is 17.3. The maximum Gasteiger partial charge on any atom is 0.0323 e. The van der Waals surface area contributed by atoms with Crippen molar-refractivity contribution in [2.24, 2.45) is 11.7 Å². The Balaban J connectivity index is 0.00000110. The van der Waals surface area contributed by atoms with Crippen LogP contribution in [0.2, 0.25) is 0 Å². The molecule has 0 spiro atoms. The van der Waals surface area contributed by atoms with E-state index in [9.17, 15) is 0 Å². The Hall–Kier alpha value is -1.31. The molecule has 2 N–H and O–H groups in total. The fourth-order valence-electron chi connectivity index (χ4n) is 3.10. The number of nitrogens with two attached hydrogens (primary N) is 1. The number of hydrogen-bond acceptors (Lipinski definition) is 1. The van der Waals surface area contributed by atoms with Gasteiger partial charge in [0.25, 0.3) is 0 Å². The van der Waals surface area contributed by atoms with Crippen LogP contribution in [0.4, 0.5) is 0 Å². The lowest BCUT2D eigenvalue weighted by Gasteiger charge is -2.12. The van der Waals surface area contributed by atoms with Gasteiger partial charge in [0.15, 0.2) is 0 Å². The maximum atomic E-state index is 6.30. The summed E-state index contributed by atoms with van der Waals surface area (Å²) in [6, 6.07) is 15.8. The third-order valence-corrected chi connectivity index (χ3v) is 4.33. The molecule has 0 unspecified atom stereocenters. The van der Waals surface area contributed by atoms with Gasteiger partial charge in [-0.2, -0.15) is 0 Å². The van der Waals surface area contributed by atoms with E-state index in [2.05, 4.69) is 42.5 Å². The summed E-state index contributed by atoms with van der Waals surface area (Å²) in [5, 5.41) is 0. The zero-order valence-electron chi connectivity index (χ0n) is 10.8. The molecule has 0 radical (unpaired) electrons. The summed E-state index contributed by atoms with van der Waals surface area (Å²) in [6.07, 6.45) is 3.67. The monoisotopic (exact) mass is 271 g/mol. The van der Waals surface area contributed by atoms with Crippen molar-refractivity contribution in [2.75, 3.05) is 0 Å². The summed E-state index contributed by atoms with van der Waals surface area (Å²) >= 11 is 0. The molecule has 98 valence electrons.